The van der Waals surface area contributed by atoms with Crippen LogP contribution in [0.25, 0.3) is 11.0 Å². The molecule has 1 fully saturated rings. The summed E-state index contributed by atoms with van der Waals surface area (Å²) < 4.78 is 6.99. The van der Waals surface area contributed by atoms with Crippen molar-refractivity contribution >= 4 is 28.6 Å². The SMILES string of the molecule is CCn1nnc2cc(C(=O)OCC(=O)N3CCN(c4ccccc4)CC3)ccc21. The highest BCUT2D eigenvalue weighted by Gasteiger charge is 2.22. The summed E-state index contributed by atoms with van der Waals surface area (Å²) in [5, 5.41) is 8.09. The van der Waals surface area contributed by atoms with Crippen LogP contribution in [-0.4, -0.2) is 64.6 Å². The molecule has 29 heavy (non-hydrogen) atoms. The monoisotopic (exact) mass is 393 g/mol. The van der Waals surface area contributed by atoms with E-state index in [0.29, 0.717) is 30.7 Å². The number of rotatable bonds is 5. The van der Waals surface area contributed by atoms with E-state index in [0.717, 1.165) is 24.3 Å². The molecule has 8 nitrogen and oxygen atoms in total. The molecular formula is C21H23N5O3. The second-order valence-electron chi connectivity index (χ2n) is 6.89. The number of nitrogens with zero attached hydrogens (tertiary/aromatic N) is 5. The molecule has 0 bridgehead atoms. The Labute approximate surface area is 168 Å². The van der Waals surface area contributed by atoms with Crippen molar-refractivity contribution in [1.82, 2.24) is 19.9 Å². The highest BCUT2D eigenvalue weighted by Crippen LogP contribution is 2.16. The molecule has 1 aliphatic heterocycles. The Morgan fingerprint density at radius 1 is 1.03 bits per heavy atom. The van der Waals surface area contributed by atoms with Gasteiger partial charge >= 0.3 is 5.97 Å². The fraction of sp³-hybridized carbons (Fsp3) is 0.333. The van der Waals surface area contributed by atoms with E-state index in [2.05, 4.69) is 27.3 Å². The van der Waals surface area contributed by atoms with Gasteiger partial charge in [-0.3, -0.25) is 4.79 Å². The fourth-order valence-corrected chi connectivity index (χ4v) is 3.49. The van der Waals surface area contributed by atoms with Gasteiger partial charge in [0.1, 0.15) is 5.52 Å². The summed E-state index contributed by atoms with van der Waals surface area (Å²) in [4.78, 5) is 28.8. The van der Waals surface area contributed by atoms with E-state index in [4.69, 9.17) is 4.74 Å². The molecule has 2 heterocycles. The minimum Gasteiger partial charge on any atom is -0.452 e. The predicted molar refractivity (Wildman–Crippen MR) is 109 cm³/mol. The molecule has 0 aliphatic carbocycles. The molecule has 0 N–H and O–H groups in total. The normalized spacial score (nSPS) is 14.2. The van der Waals surface area contributed by atoms with Crippen LogP contribution in [0.4, 0.5) is 5.69 Å². The van der Waals surface area contributed by atoms with E-state index in [9.17, 15) is 9.59 Å². The van der Waals surface area contributed by atoms with Gasteiger partial charge in [-0.05, 0) is 37.3 Å². The minimum atomic E-state index is -0.533. The molecular weight excluding hydrogens is 370 g/mol. The molecule has 0 radical (unpaired) electrons. The number of amides is 1. The van der Waals surface area contributed by atoms with Gasteiger partial charge in [0.05, 0.1) is 11.1 Å². The lowest BCUT2D eigenvalue weighted by atomic mass is 10.2. The molecule has 8 heteroatoms. The zero-order chi connectivity index (χ0) is 20.2. The largest absolute Gasteiger partial charge is 0.452 e. The molecule has 2 aromatic carbocycles. The number of esters is 1. The van der Waals surface area contributed by atoms with Gasteiger partial charge in [-0.1, -0.05) is 23.4 Å². The summed E-state index contributed by atoms with van der Waals surface area (Å²) in [6.45, 7) is 5.15. The highest BCUT2D eigenvalue weighted by molar-refractivity contribution is 5.94. The Morgan fingerprint density at radius 2 is 1.79 bits per heavy atom. The van der Waals surface area contributed by atoms with Gasteiger partial charge in [-0.15, -0.1) is 5.10 Å². The summed E-state index contributed by atoms with van der Waals surface area (Å²) in [5.74, 6) is -0.710. The standard InChI is InChI=1S/C21H23N5O3/c1-2-26-19-9-8-16(14-18(19)22-23-26)21(28)29-15-20(27)25-12-10-24(11-13-25)17-6-4-3-5-7-17/h3-9,14H,2,10-13,15H2,1H3. The Morgan fingerprint density at radius 3 is 2.52 bits per heavy atom. The Kier molecular flexibility index (Phi) is 5.41. The molecule has 1 saturated heterocycles. The molecule has 0 unspecified atom stereocenters. The summed E-state index contributed by atoms with van der Waals surface area (Å²) >= 11 is 0. The lowest BCUT2D eigenvalue weighted by Gasteiger charge is -2.36. The molecule has 3 aromatic rings. The van der Waals surface area contributed by atoms with Crippen LogP contribution in [0.2, 0.25) is 0 Å². The smallest absolute Gasteiger partial charge is 0.338 e. The first kappa shape index (κ1) is 18.9. The van der Waals surface area contributed by atoms with Crippen LogP contribution in [0.3, 0.4) is 0 Å². The van der Waals surface area contributed by atoms with Gasteiger partial charge < -0.3 is 14.5 Å². The molecule has 1 aliphatic rings. The lowest BCUT2D eigenvalue weighted by Crippen LogP contribution is -2.49. The predicted octanol–water partition coefficient (Wildman–Crippen LogP) is 1.96. The third-order valence-electron chi connectivity index (χ3n) is 5.13. The second kappa shape index (κ2) is 8.30. The molecule has 4 rings (SSSR count). The number of aromatic nitrogens is 3. The summed E-state index contributed by atoms with van der Waals surface area (Å²) in [6.07, 6.45) is 0. The number of carbonyl (C=O) groups excluding carboxylic acids is 2. The number of hydrogen-bond acceptors (Lipinski definition) is 6. The number of hydrogen-bond donors (Lipinski definition) is 0. The molecule has 1 aromatic heterocycles. The number of fused-ring (bicyclic) bond motifs is 1. The van der Waals surface area contributed by atoms with E-state index in [1.165, 1.54) is 0 Å². The van der Waals surface area contributed by atoms with E-state index >= 15 is 0 Å². The van der Waals surface area contributed by atoms with Crippen LogP contribution in [0, 0.1) is 0 Å². The molecule has 0 saturated carbocycles. The Bertz CT molecular complexity index is 1010. The third-order valence-corrected chi connectivity index (χ3v) is 5.13. The van der Waals surface area contributed by atoms with Crippen LogP contribution in [0.5, 0.6) is 0 Å². The van der Waals surface area contributed by atoms with E-state index in [1.807, 2.05) is 25.1 Å². The number of carbonyl (C=O) groups is 2. The van der Waals surface area contributed by atoms with Crippen LogP contribution < -0.4 is 4.90 Å². The maximum atomic E-state index is 12.4. The molecule has 0 spiro atoms. The molecule has 1 amide bonds. The van der Waals surface area contributed by atoms with E-state index in [1.54, 1.807) is 27.8 Å². The first-order valence-corrected chi connectivity index (χ1v) is 9.74. The van der Waals surface area contributed by atoms with Crippen molar-refractivity contribution in [2.24, 2.45) is 0 Å². The summed E-state index contributed by atoms with van der Waals surface area (Å²) in [5.41, 5.74) is 3.00. The summed E-state index contributed by atoms with van der Waals surface area (Å²) in [7, 11) is 0. The van der Waals surface area contributed by atoms with Crippen molar-refractivity contribution in [3.63, 3.8) is 0 Å². The van der Waals surface area contributed by atoms with Gasteiger partial charge in [-0.2, -0.15) is 0 Å². The Hall–Kier alpha value is -3.42. The van der Waals surface area contributed by atoms with Gasteiger partial charge in [0, 0.05) is 38.4 Å². The van der Waals surface area contributed by atoms with Crippen LogP contribution in [0.15, 0.2) is 48.5 Å². The number of aryl methyl sites for hydroxylation is 1. The van der Waals surface area contributed by atoms with Crippen molar-refractivity contribution in [3.05, 3.63) is 54.1 Å². The quantitative estimate of drug-likeness (QED) is 0.617. The van der Waals surface area contributed by atoms with Gasteiger partial charge in [0.25, 0.3) is 5.91 Å². The molecule has 0 atom stereocenters. The van der Waals surface area contributed by atoms with Crippen LogP contribution >= 0.6 is 0 Å². The average molecular weight is 393 g/mol. The first-order valence-electron chi connectivity index (χ1n) is 9.74. The topological polar surface area (TPSA) is 80.6 Å². The Balaban J connectivity index is 1.30. The van der Waals surface area contributed by atoms with Crippen molar-refractivity contribution in [1.29, 1.82) is 0 Å². The number of para-hydroxylation sites is 1. The highest BCUT2D eigenvalue weighted by atomic mass is 16.5. The number of anilines is 1. The van der Waals surface area contributed by atoms with Crippen molar-refractivity contribution in [2.75, 3.05) is 37.7 Å². The van der Waals surface area contributed by atoms with Gasteiger partial charge in [0.2, 0.25) is 0 Å². The van der Waals surface area contributed by atoms with Gasteiger partial charge in [-0.25, -0.2) is 9.48 Å². The number of ether oxygens (including phenoxy) is 1. The van der Waals surface area contributed by atoms with E-state index in [-0.39, 0.29) is 12.5 Å². The lowest BCUT2D eigenvalue weighted by molar-refractivity contribution is -0.134. The van der Waals surface area contributed by atoms with Crippen LogP contribution in [-0.2, 0) is 16.1 Å². The van der Waals surface area contributed by atoms with Crippen molar-refractivity contribution in [3.8, 4) is 0 Å². The maximum Gasteiger partial charge on any atom is 0.338 e. The summed E-state index contributed by atoms with van der Waals surface area (Å²) in [6, 6.07) is 15.2. The van der Waals surface area contributed by atoms with E-state index < -0.39 is 5.97 Å². The van der Waals surface area contributed by atoms with Crippen molar-refractivity contribution in [2.45, 2.75) is 13.5 Å². The van der Waals surface area contributed by atoms with Crippen molar-refractivity contribution < 1.29 is 14.3 Å². The van der Waals surface area contributed by atoms with Crippen LogP contribution in [0.1, 0.15) is 17.3 Å². The van der Waals surface area contributed by atoms with Gasteiger partial charge in [0.15, 0.2) is 6.61 Å². The first-order chi connectivity index (χ1) is 14.2. The molecule has 150 valence electrons. The zero-order valence-corrected chi connectivity index (χ0v) is 16.3. The number of piperazine rings is 1. The zero-order valence-electron chi connectivity index (χ0n) is 16.3. The third kappa shape index (κ3) is 4.06. The minimum absolute atomic E-state index is 0.177. The maximum absolute atomic E-state index is 12.4. The number of benzene rings is 2. The second-order valence-corrected chi connectivity index (χ2v) is 6.89. The average Bonchev–Trinajstić information content (AvgIpc) is 3.20. The fourth-order valence-electron chi connectivity index (χ4n) is 3.49.